The van der Waals surface area contributed by atoms with Crippen molar-refractivity contribution >= 4 is 29.1 Å². The minimum atomic E-state index is -4.66. The highest BCUT2D eigenvalue weighted by atomic mass is 35.5. The lowest BCUT2D eigenvalue weighted by Crippen LogP contribution is -2.28. The number of amides is 1. The molecule has 1 unspecified atom stereocenters. The third-order valence-corrected chi connectivity index (χ3v) is 4.95. The van der Waals surface area contributed by atoms with Crippen LogP contribution in [0.1, 0.15) is 29.8 Å². The Balaban J connectivity index is 1.84. The van der Waals surface area contributed by atoms with Crippen LogP contribution in [0.4, 0.5) is 17.6 Å². The van der Waals surface area contributed by atoms with Gasteiger partial charge in [-0.3, -0.25) is 4.79 Å². The Morgan fingerprint density at radius 1 is 1.17 bits per heavy atom. The molecule has 3 rings (SSSR count). The third-order valence-electron chi connectivity index (χ3n) is 4.41. The van der Waals surface area contributed by atoms with Gasteiger partial charge in [0.15, 0.2) is 5.69 Å². The first-order valence-electron chi connectivity index (χ1n) is 8.71. The second-order valence-electron chi connectivity index (χ2n) is 6.52. The number of carbonyl (C=O) groups excluding carboxylic acids is 1. The highest BCUT2D eigenvalue weighted by Gasteiger charge is 2.35. The monoisotopic (exact) mass is 459 g/mol. The molecular formula is C20H15Cl2F4N3O. The van der Waals surface area contributed by atoms with Gasteiger partial charge in [-0.2, -0.15) is 18.3 Å². The molecule has 1 amide bonds. The summed E-state index contributed by atoms with van der Waals surface area (Å²) in [6.07, 6.45) is -4.66. The quantitative estimate of drug-likeness (QED) is 0.493. The van der Waals surface area contributed by atoms with Crippen molar-refractivity contribution in [2.45, 2.75) is 25.6 Å². The zero-order valence-corrected chi connectivity index (χ0v) is 17.0. The van der Waals surface area contributed by atoms with Crippen LogP contribution < -0.4 is 5.32 Å². The van der Waals surface area contributed by atoms with Crippen molar-refractivity contribution in [2.24, 2.45) is 0 Å². The van der Waals surface area contributed by atoms with Gasteiger partial charge in [0.2, 0.25) is 5.91 Å². The normalized spacial score (nSPS) is 12.6. The van der Waals surface area contributed by atoms with Crippen LogP contribution in [-0.2, 0) is 17.5 Å². The molecule has 3 aromatic rings. The number of rotatable bonds is 5. The summed E-state index contributed by atoms with van der Waals surface area (Å²) in [5.41, 5.74) is -0.296. The number of hydrogen-bond donors (Lipinski definition) is 1. The second-order valence-corrected chi connectivity index (χ2v) is 7.37. The first kappa shape index (κ1) is 22.1. The average Bonchev–Trinajstić information content (AvgIpc) is 3.12. The molecule has 0 fully saturated rings. The molecule has 0 bridgehead atoms. The molecule has 30 heavy (non-hydrogen) atoms. The van der Waals surface area contributed by atoms with E-state index in [-0.39, 0.29) is 17.3 Å². The van der Waals surface area contributed by atoms with Crippen molar-refractivity contribution in [3.8, 4) is 5.69 Å². The van der Waals surface area contributed by atoms with Crippen LogP contribution >= 0.6 is 23.2 Å². The number of halogens is 6. The van der Waals surface area contributed by atoms with Crippen LogP contribution in [0.15, 0.2) is 48.5 Å². The standard InChI is InChI=1S/C20H15Cl2F4N3O/c1-11(12-5-6-16(22)17(23)7-12)19(30)27-10-15-9-18(20(24,25)26)28-29(15)14-4-2-3-13(21)8-14/h2-9,11H,10H2,1H3,(H,27,30). The number of alkyl halides is 3. The SMILES string of the molecule is CC(C(=O)NCc1cc(C(F)(F)F)nn1-c1cccc(Cl)c1)c1ccc(Cl)c(F)c1. The smallest absolute Gasteiger partial charge is 0.350 e. The van der Waals surface area contributed by atoms with Crippen molar-refractivity contribution in [2.75, 3.05) is 0 Å². The number of aromatic nitrogens is 2. The van der Waals surface area contributed by atoms with E-state index in [1.165, 1.54) is 18.2 Å². The Hall–Kier alpha value is -2.58. The minimum absolute atomic E-state index is 0.0727. The molecule has 0 saturated carbocycles. The van der Waals surface area contributed by atoms with Gasteiger partial charge in [-0.1, -0.05) is 35.3 Å². The maximum atomic E-state index is 13.6. The molecule has 0 aliphatic carbocycles. The number of nitrogens with one attached hydrogen (secondary N) is 1. The number of hydrogen-bond acceptors (Lipinski definition) is 2. The summed E-state index contributed by atoms with van der Waals surface area (Å²) in [6.45, 7) is 1.32. The van der Waals surface area contributed by atoms with Crippen LogP contribution in [0.2, 0.25) is 10.0 Å². The van der Waals surface area contributed by atoms with Gasteiger partial charge < -0.3 is 5.32 Å². The van der Waals surface area contributed by atoms with E-state index in [1.807, 2.05) is 0 Å². The van der Waals surface area contributed by atoms with Gasteiger partial charge in [-0.05, 0) is 48.9 Å². The van der Waals surface area contributed by atoms with E-state index >= 15 is 0 Å². The molecule has 0 spiro atoms. The molecule has 10 heteroatoms. The Labute approximate surface area is 179 Å². The molecule has 1 atom stereocenters. The topological polar surface area (TPSA) is 46.9 Å². The van der Waals surface area contributed by atoms with Crippen LogP contribution in [0.25, 0.3) is 5.69 Å². The van der Waals surface area contributed by atoms with Gasteiger partial charge in [0, 0.05) is 5.02 Å². The zero-order chi connectivity index (χ0) is 22.1. The molecule has 0 aliphatic heterocycles. The maximum absolute atomic E-state index is 13.6. The van der Waals surface area contributed by atoms with E-state index in [4.69, 9.17) is 23.2 Å². The summed E-state index contributed by atoms with van der Waals surface area (Å²) in [5.74, 6) is -1.91. The zero-order valence-electron chi connectivity index (χ0n) is 15.5. The molecule has 1 N–H and O–H groups in total. The molecule has 0 radical (unpaired) electrons. The molecule has 0 aliphatic rings. The average molecular weight is 460 g/mol. The van der Waals surface area contributed by atoms with E-state index in [1.54, 1.807) is 25.1 Å². The van der Waals surface area contributed by atoms with Crippen molar-refractivity contribution in [1.29, 1.82) is 0 Å². The summed E-state index contributed by atoms with van der Waals surface area (Å²) in [4.78, 5) is 12.5. The molecule has 1 aromatic heterocycles. The number of carbonyl (C=O) groups is 1. The van der Waals surface area contributed by atoms with Crippen molar-refractivity contribution in [3.63, 3.8) is 0 Å². The van der Waals surface area contributed by atoms with E-state index in [0.717, 1.165) is 16.8 Å². The highest BCUT2D eigenvalue weighted by molar-refractivity contribution is 6.31. The molecule has 158 valence electrons. The fraction of sp³-hybridized carbons (Fsp3) is 0.200. The van der Waals surface area contributed by atoms with E-state index in [0.29, 0.717) is 16.3 Å². The van der Waals surface area contributed by atoms with Gasteiger partial charge in [0.05, 0.1) is 28.9 Å². The Morgan fingerprint density at radius 3 is 2.53 bits per heavy atom. The van der Waals surface area contributed by atoms with Gasteiger partial charge >= 0.3 is 6.18 Å². The fourth-order valence-electron chi connectivity index (χ4n) is 2.78. The number of nitrogens with zero attached hydrogens (tertiary/aromatic N) is 2. The third kappa shape index (κ3) is 4.94. The predicted molar refractivity (Wildman–Crippen MR) is 105 cm³/mol. The van der Waals surface area contributed by atoms with Gasteiger partial charge in [-0.25, -0.2) is 9.07 Å². The van der Waals surface area contributed by atoms with E-state index < -0.39 is 29.5 Å². The number of benzene rings is 2. The van der Waals surface area contributed by atoms with Crippen molar-refractivity contribution in [3.05, 3.63) is 81.3 Å². The van der Waals surface area contributed by atoms with Gasteiger partial charge in [-0.15, -0.1) is 0 Å². The van der Waals surface area contributed by atoms with E-state index in [2.05, 4.69) is 10.4 Å². The minimum Gasteiger partial charge on any atom is -0.350 e. The molecule has 2 aromatic carbocycles. The van der Waals surface area contributed by atoms with Crippen LogP contribution in [0.3, 0.4) is 0 Å². The second kappa shape index (κ2) is 8.65. The highest BCUT2D eigenvalue weighted by Crippen LogP contribution is 2.30. The summed E-state index contributed by atoms with van der Waals surface area (Å²) in [6, 6.07) is 11.0. The Bertz CT molecular complexity index is 1080. The Morgan fingerprint density at radius 2 is 1.90 bits per heavy atom. The summed E-state index contributed by atoms with van der Waals surface area (Å²) >= 11 is 11.6. The summed E-state index contributed by atoms with van der Waals surface area (Å²) in [5, 5.41) is 6.43. The lowest BCUT2D eigenvalue weighted by atomic mass is 10.0. The van der Waals surface area contributed by atoms with Crippen LogP contribution in [0, 0.1) is 5.82 Å². The van der Waals surface area contributed by atoms with Crippen LogP contribution in [-0.4, -0.2) is 15.7 Å². The van der Waals surface area contributed by atoms with Crippen molar-refractivity contribution in [1.82, 2.24) is 15.1 Å². The van der Waals surface area contributed by atoms with Gasteiger partial charge in [0.25, 0.3) is 0 Å². The first-order valence-corrected chi connectivity index (χ1v) is 9.46. The van der Waals surface area contributed by atoms with Crippen LogP contribution in [0.5, 0.6) is 0 Å². The maximum Gasteiger partial charge on any atom is 0.435 e. The fourth-order valence-corrected chi connectivity index (χ4v) is 3.08. The lowest BCUT2D eigenvalue weighted by Gasteiger charge is -2.14. The first-order chi connectivity index (χ1) is 14.1. The molecule has 1 heterocycles. The Kier molecular flexibility index (Phi) is 6.38. The lowest BCUT2D eigenvalue weighted by molar-refractivity contribution is -0.141. The predicted octanol–water partition coefficient (Wildman–Crippen LogP) is 5.76. The summed E-state index contributed by atoms with van der Waals surface area (Å²) in [7, 11) is 0. The van der Waals surface area contributed by atoms with E-state index in [9.17, 15) is 22.4 Å². The largest absolute Gasteiger partial charge is 0.435 e. The summed E-state index contributed by atoms with van der Waals surface area (Å²) < 4.78 is 54.2. The molecular weight excluding hydrogens is 445 g/mol. The van der Waals surface area contributed by atoms with Gasteiger partial charge in [0.1, 0.15) is 5.82 Å². The molecule has 0 saturated heterocycles. The molecule has 4 nitrogen and oxygen atoms in total. The van der Waals surface area contributed by atoms with Crippen molar-refractivity contribution < 1.29 is 22.4 Å².